The molecule has 1 aromatic heterocycles. The molecule has 170 valence electrons. The quantitative estimate of drug-likeness (QED) is 0.678. The van der Waals surface area contributed by atoms with Gasteiger partial charge in [0.2, 0.25) is 0 Å². The number of likely N-dealkylation sites (tertiary alicyclic amines) is 1. The molecule has 2 aliphatic rings. The van der Waals surface area contributed by atoms with Crippen LogP contribution < -0.4 is 5.32 Å². The van der Waals surface area contributed by atoms with E-state index in [1.54, 1.807) is 4.90 Å². The number of aliphatic hydroxyl groups is 2. The number of hydrogen-bond acceptors (Lipinski definition) is 6. The molecule has 4 rings (SSSR count). The summed E-state index contributed by atoms with van der Waals surface area (Å²) in [6.07, 6.45) is 1.37. The fraction of sp³-hybridized carbons (Fsp3) is 0.652. The van der Waals surface area contributed by atoms with Crippen molar-refractivity contribution in [2.24, 2.45) is 7.05 Å². The molecule has 0 radical (unpaired) electrons. The maximum Gasteiger partial charge on any atom is 0.410 e. The van der Waals surface area contributed by atoms with E-state index in [0.29, 0.717) is 31.8 Å². The first kappa shape index (κ1) is 22.0. The Morgan fingerprint density at radius 1 is 1.16 bits per heavy atom. The van der Waals surface area contributed by atoms with Crippen LogP contribution in [0, 0.1) is 0 Å². The van der Waals surface area contributed by atoms with Crippen LogP contribution in [0.2, 0.25) is 0 Å². The van der Waals surface area contributed by atoms with Crippen LogP contribution in [0.3, 0.4) is 0 Å². The van der Waals surface area contributed by atoms with E-state index in [1.165, 1.54) is 5.56 Å². The summed E-state index contributed by atoms with van der Waals surface area (Å²) in [4.78, 5) is 14.1. The van der Waals surface area contributed by atoms with Gasteiger partial charge in [0, 0.05) is 31.4 Å². The van der Waals surface area contributed by atoms with E-state index in [2.05, 4.69) is 23.5 Å². The first-order valence-corrected chi connectivity index (χ1v) is 11.2. The molecule has 2 saturated heterocycles. The van der Waals surface area contributed by atoms with Crippen molar-refractivity contribution in [2.45, 2.75) is 76.3 Å². The van der Waals surface area contributed by atoms with Gasteiger partial charge in [0.25, 0.3) is 0 Å². The van der Waals surface area contributed by atoms with Gasteiger partial charge in [-0.3, -0.25) is 10.00 Å². The van der Waals surface area contributed by atoms with Gasteiger partial charge in [-0.05, 0) is 64.0 Å². The highest BCUT2D eigenvalue weighted by Crippen LogP contribution is 2.35. The lowest BCUT2D eigenvalue weighted by Crippen LogP contribution is -2.46. The molecule has 3 heterocycles. The maximum absolute atomic E-state index is 12.3. The molecular weight excluding hydrogens is 396 g/mol. The summed E-state index contributed by atoms with van der Waals surface area (Å²) in [6, 6.07) is 6.45. The topological polar surface area (TPSA) is 99.9 Å². The fourth-order valence-electron chi connectivity index (χ4n) is 4.73. The summed E-state index contributed by atoms with van der Waals surface area (Å²) >= 11 is 0. The highest BCUT2D eigenvalue weighted by Gasteiger charge is 2.32. The van der Waals surface area contributed by atoms with Gasteiger partial charge < -0.3 is 19.8 Å². The Morgan fingerprint density at radius 3 is 2.52 bits per heavy atom. The number of benzene rings is 1. The van der Waals surface area contributed by atoms with Gasteiger partial charge in [-0.25, -0.2) is 4.79 Å². The molecule has 0 bridgehead atoms. The number of nitrogens with one attached hydrogen (secondary N) is 1. The lowest BCUT2D eigenvalue weighted by molar-refractivity contribution is -0.0107. The van der Waals surface area contributed by atoms with Crippen molar-refractivity contribution in [3.8, 4) is 0 Å². The number of fused-ring (bicyclic) bond motifs is 1. The van der Waals surface area contributed by atoms with Gasteiger partial charge >= 0.3 is 6.09 Å². The van der Waals surface area contributed by atoms with Gasteiger partial charge in [-0.15, -0.1) is 0 Å². The second-order valence-corrected chi connectivity index (χ2v) is 9.84. The smallest absolute Gasteiger partial charge is 0.410 e. The number of aromatic nitrogens is 2. The first-order chi connectivity index (χ1) is 14.6. The Kier molecular flexibility index (Phi) is 5.98. The van der Waals surface area contributed by atoms with E-state index < -0.39 is 18.1 Å². The fourth-order valence-corrected chi connectivity index (χ4v) is 4.73. The minimum atomic E-state index is -0.807. The number of hydrogen-bond donors (Lipinski definition) is 3. The third-order valence-electron chi connectivity index (χ3n) is 6.37. The molecule has 3 unspecified atom stereocenters. The normalized spacial score (nSPS) is 25.7. The molecule has 1 amide bonds. The van der Waals surface area contributed by atoms with Crippen molar-refractivity contribution >= 4 is 17.0 Å². The molecule has 3 N–H and O–H groups in total. The molecule has 31 heavy (non-hydrogen) atoms. The predicted octanol–water partition coefficient (Wildman–Crippen LogP) is 2.79. The second kappa shape index (κ2) is 8.41. The molecule has 2 aliphatic heterocycles. The molecule has 8 heteroatoms. The highest BCUT2D eigenvalue weighted by molar-refractivity contribution is 5.83. The molecule has 1 aromatic carbocycles. The number of rotatable bonds is 2. The van der Waals surface area contributed by atoms with Crippen molar-refractivity contribution in [2.75, 3.05) is 13.1 Å². The largest absolute Gasteiger partial charge is 0.444 e. The minimum Gasteiger partial charge on any atom is -0.444 e. The van der Waals surface area contributed by atoms with Crippen molar-refractivity contribution in [3.05, 3.63) is 29.5 Å². The van der Waals surface area contributed by atoms with E-state index in [0.717, 1.165) is 29.4 Å². The number of aliphatic hydroxyl groups excluding tert-OH is 2. The van der Waals surface area contributed by atoms with Gasteiger partial charge in [-0.1, -0.05) is 12.1 Å². The summed E-state index contributed by atoms with van der Waals surface area (Å²) in [5, 5.41) is 28.7. The number of aryl methyl sites for hydroxylation is 1. The van der Waals surface area contributed by atoms with Gasteiger partial charge in [-0.2, -0.15) is 5.10 Å². The van der Waals surface area contributed by atoms with Crippen molar-refractivity contribution in [1.29, 1.82) is 0 Å². The maximum atomic E-state index is 12.3. The van der Waals surface area contributed by atoms with Crippen LogP contribution in [0.15, 0.2) is 18.2 Å². The Hall–Kier alpha value is -2.16. The predicted molar refractivity (Wildman–Crippen MR) is 118 cm³/mol. The molecule has 0 spiro atoms. The zero-order valence-electron chi connectivity index (χ0n) is 18.8. The third-order valence-corrected chi connectivity index (χ3v) is 6.37. The van der Waals surface area contributed by atoms with Gasteiger partial charge in [0.05, 0.1) is 11.2 Å². The van der Waals surface area contributed by atoms with E-state index >= 15 is 0 Å². The molecule has 0 aliphatic carbocycles. The van der Waals surface area contributed by atoms with Gasteiger partial charge in [0.15, 0.2) is 0 Å². The van der Waals surface area contributed by atoms with Crippen molar-refractivity contribution in [1.82, 2.24) is 20.0 Å². The average molecular weight is 431 g/mol. The van der Waals surface area contributed by atoms with Gasteiger partial charge in [0.1, 0.15) is 18.1 Å². The van der Waals surface area contributed by atoms with E-state index in [9.17, 15) is 15.0 Å². The molecule has 2 fully saturated rings. The van der Waals surface area contributed by atoms with Crippen LogP contribution in [-0.2, 0) is 11.8 Å². The molecule has 3 atom stereocenters. The third kappa shape index (κ3) is 4.71. The van der Waals surface area contributed by atoms with E-state index in [1.807, 2.05) is 32.5 Å². The van der Waals surface area contributed by atoms with E-state index in [-0.39, 0.29) is 12.0 Å². The SMILES string of the molecule is Cn1nc(C2CCC(O)NC2O)c2ccc(C3CCN(C(=O)OC(C)(C)C)CC3)cc21. The Labute approximate surface area is 183 Å². The van der Waals surface area contributed by atoms with Crippen molar-refractivity contribution in [3.63, 3.8) is 0 Å². The zero-order valence-corrected chi connectivity index (χ0v) is 18.8. The lowest BCUT2D eigenvalue weighted by Gasteiger charge is -2.33. The molecule has 8 nitrogen and oxygen atoms in total. The standard InChI is InChI=1S/C23H34N4O4/c1-23(2,3)31-22(30)27-11-9-14(10-12-27)15-5-6-16-18(13-15)26(4)25-20(16)17-7-8-19(28)24-21(17)29/h5-6,13-14,17,19,21,24,28-29H,7-12H2,1-4H3. The van der Waals surface area contributed by atoms with Crippen molar-refractivity contribution < 1.29 is 19.7 Å². The van der Waals surface area contributed by atoms with Crippen LogP contribution in [-0.4, -0.2) is 62.1 Å². The molecular formula is C23H34N4O4. The number of carbonyl (C=O) groups is 1. The summed E-state index contributed by atoms with van der Waals surface area (Å²) in [5.41, 5.74) is 2.69. The minimum absolute atomic E-state index is 0.144. The number of ether oxygens (including phenoxy) is 1. The number of piperidine rings is 2. The first-order valence-electron chi connectivity index (χ1n) is 11.2. The number of nitrogens with zero attached hydrogens (tertiary/aromatic N) is 3. The lowest BCUT2D eigenvalue weighted by atomic mass is 9.87. The molecule has 0 saturated carbocycles. The zero-order chi connectivity index (χ0) is 22.3. The van der Waals surface area contributed by atoms with Crippen LogP contribution in [0.1, 0.15) is 69.5 Å². The summed E-state index contributed by atoms with van der Waals surface area (Å²) in [6.45, 7) is 7.05. The summed E-state index contributed by atoms with van der Waals surface area (Å²) < 4.78 is 7.38. The molecule has 2 aromatic rings. The second-order valence-electron chi connectivity index (χ2n) is 9.84. The Balaban J connectivity index is 1.48. The highest BCUT2D eigenvalue weighted by atomic mass is 16.6. The monoisotopic (exact) mass is 430 g/mol. The number of carbonyl (C=O) groups excluding carboxylic acids is 1. The summed E-state index contributed by atoms with van der Waals surface area (Å²) in [7, 11) is 1.93. The van der Waals surface area contributed by atoms with Crippen LogP contribution in [0.5, 0.6) is 0 Å². The Morgan fingerprint density at radius 2 is 1.87 bits per heavy atom. The van der Waals surface area contributed by atoms with Crippen LogP contribution in [0.25, 0.3) is 10.9 Å². The Bertz CT molecular complexity index is 943. The average Bonchev–Trinajstić information content (AvgIpc) is 3.03. The number of amides is 1. The van der Waals surface area contributed by atoms with Crippen LogP contribution >= 0.6 is 0 Å². The van der Waals surface area contributed by atoms with Crippen LogP contribution in [0.4, 0.5) is 4.79 Å². The summed E-state index contributed by atoms with van der Waals surface area (Å²) in [5.74, 6) is 0.244. The van der Waals surface area contributed by atoms with E-state index in [4.69, 9.17) is 9.84 Å².